The lowest BCUT2D eigenvalue weighted by Gasteiger charge is -2.23. The maximum atomic E-state index is 12.3. The van der Waals surface area contributed by atoms with E-state index in [0.29, 0.717) is 32.2 Å². The monoisotopic (exact) mass is 897 g/mol. The first-order chi connectivity index (χ1) is 27.9. The summed E-state index contributed by atoms with van der Waals surface area (Å²) >= 11 is 3.03. The number of unbranched alkanes of at least 4 members (excludes halogenated alkanes) is 6. The number of halogens is 1. The average molecular weight is 899 g/mol. The number of alkyl halides is 1. The van der Waals surface area contributed by atoms with Gasteiger partial charge < -0.3 is 65.6 Å². The molecule has 8 N–H and O–H groups in total. The van der Waals surface area contributed by atoms with Crippen LogP contribution in [0.5, 0.6) is 0 Å². The van der Waals surface area contributed by atoms with Crippen molar-refractivity contribution in [1.29, 1.82) is 0 Å². The molecule has 21 heteroatoms. The van der Waals surface area contributed by atoms with Crippen LogP contribution >= 0.6 is 15.9 Å². The summed E-state index contributed by atoms with van der Waals surface area (Å²) in [5.41, 5.74) is 0. The highest BCUT2D eigenvalue weighted by Gasteiger charge is 2.23. The van der Waals surface area contributed by atoms with Crippen LogP contribution in [0, 0.1) is 0 Å². The minimum atomic E-state index is -1.16. The van der Waals surface area contributed by atoms with Crippen molar-refractivity contribution < 1.29 is 72.6 Å². The molecule has 20 nitrogen and oxygen atoms in total. The van der Waals surface area contributed by atoms with Gasteiger partial charge in [-0.05, 0) is 44.9 Å². The van der Waals surface area contributed by atoms with Crippen molar-refractivity contribution >= 4 is 63.8 Å². The van der Waals surface area contributed by atoms with Crippen LogP contribution in [0.2, 0.25) is 0 Å². The summed E-state index contributed by atoms with van der Waals surface area (Å²) in [6, 6.07) is -2.41. The number of carbonyl (C=O) groups is 8. The van der Waals surface area contributed by atoms with Crippen molar-refractivity contribution in [2.75, 3.05) is 77.8 Å². The summed E-state index contributed by atoms with van der Waals surface area (Å²) in [4.78, 5) is 92.2. The molecule has 0 aliphatic carbocycles. The summed E-state index contributed by atoms with van der Waals surface area (Å²) in [5, 5.41) is 41.7. The maximum absolute atomic E-state index is 12.3. The van der Waals surface area contributed by atoms with Crippen LogP contribution in [0.25, 0.3) is 0 Å². The molecular formula is C37H64BrN5O15. The number of ether oxygens (including phenoxy) is 4. The van der Waals surface area contributed by atoms with Gasteiger partial charge in [-0.2, -0.15) is 0 Å². The summed E-state index contributed by atoms with van der Waals surface area (Å²) in [5.74, 6) is -4.72. The van der Waals surface area contributed by atoms with E-state index in [0.717, 1.165) is 38.4 Å². The van der Waals surface area contributed by atoms with E-state index >= 15 is 0 Å². The minimum Gasteiger partial charge on any atom is -0.481 e. The smallest absolute Gasteiger partial charge is 0.326 e. The molecule has 4 amide bonds. The fraction of sp³-hybridized carbons (Fsp3) is 0.784. The number of carboxylic acid groups (broad SMARTS) is 3. The van der Waals surface area contributed by atoms with Crippen molar-refractivity contribution in [2.45, 2.75) is 108 Å². The number of hydrogen-bond acceptors (Lipinski definition) is 13. The van der Waals surface area contributed by atoms with E-state index in [9.17, 15) is 48.6 Å². The first kappa shape index (κ1) is 54.2. The number of aliphatic carboxylic acids is 3. The van der Waals surface area contributed by atoms with E-state index in [-0.39, 0.29) is 127 Å². The third-order valence-electron chi connectivity index (χ3n) is 8.32. The van der Waals surface area contributed by atoms with Crippen LogP contribution in [0.3, 0.4) is 0 Å². The third-order valence-corrected chi connectivity index (χ3v) is 8.83. The highest BCUT2D eigenvalue weighted by molar-refractivity contribution is 9.09. The van der Waals surface area contributed by atoms with Gasteiger partial charge in [-0.15, -0.1) is 0 Å². The first-order valence-corrected chi connectivity index (χ1v) is 20.8. The average Bonchev–Trinajstić information content (AvgIpc) is 3.18. The van der Waals surface area contributed by atoms with Crippen LogP contribution < -0.4 is 26.6 Å². The normalized spacial score (nSPS) is 12.5. The molecule has 0 unspecified atom stereocenters. The Kier molecular flexibility index (Phi) is 35.1. The number of nitrogens with one attached hydrogen (secondary N) is 5. The van der Waals surface area contributed by atoms with E-state index < -0.39 is 35.9 Å². The maximum Gasteiger partial charge on any atom is 0.326 e. The van der Waals surface area contributed by atoms with Gasteiger partial charge >= 0.3 is 17.9 Å². The molecule has 0 fully saturated rings. The van der Waals surface area contributed by atoms with Crippen LogP contribution in [0.15, 0.2) is 0 Å². The van der Waals surface area contributed by atoms with Gasteiger partial charge in [-0.3, -0.25) is 28.8 Å². The van der Waals surface area contributed by atoms with Crippen molar-refractivity contribution in [2.24, 2.45) is 0 Å². The second kappa shape index (κ2) is 37.5. The fourth-order valence-corrected chi connectivity index (χ4v) is 5.47. The van der Waals surface area contributed by atoms with Gasteiger partial charge in [0.15, 0.2) is 0 Å². The zero-order chi connectivity index (χ0) is 43.2. The van der Waals surface area contributed by atoms with E-state index in [1.54, 1.807) is 0 Å². The predicted octanol–water partition coefficient (Wildman–Crippen LogP) is 0.522. The van der Waals surface area contributed by atoms with Crippen molar-refractivity contribution in [3.63, 3.8) is 0 Å². The molecule has 0 aromatic rings. The summed E-state index contributed by atoms with van der Waals surface area (Å²) in [7, 11) is 0. The van der Waals surface area contributed by atoms with E-state index in [4.69, 9.17) is 24.1 Å². The van der Waals surface area contributed by atoms with Crippen LogP contribution in [-0.2, 0) is 57.3 Å². The molecule has 334 valence electrons. The number of amides is 4. The number of carboxylic acids is 3. The molecular weight excluding hydrogens is 834 g/mol. The highest BCUT2D eigenvalue weighted by atomic mass is 79.9. The largest absolute Gasteiger partial charge is 0.481 e. The zero-order valence-electron chi connectivity index (χ0n) is 33.3. The Morgan fingerprint density at radius 1 is 0.534 bits per heavy atom. The number of hydrogen-bond donors (Lipinski definition) is 8. The topological polar surface area (TPSA) is 294 Å². The van der Waals surface area contributed by atoms with Gasteiger partial charge in [0.25, 0.3) is 0 Å². The molecule has 0 saturated heterocycles. The molecule has 58 heavy (non-hydrogen) atoms. The summed E-state index contributed by atoms with van der Waals surface area (Å²) < 4.78 is 21.2. The Labute approximate surface area is 348 Å². The Morgan fingerprint density at radius 2 is 1.09 bits per heavy atom. The molecule has 0 heterocycles. The predicted molar refractivity (Wildman–Crippen MR) is 212 cm³/mol. The molecule has 0 rings (SSSR count). The molecule has 0 spiro atoms. The summed E-state index contributed by atoms with van der Waals surface area (Å²) in [6.07, 6.45) is 7.81. The van der Waals surface area contributed by atoms with Crippen LogP contribution in [0.4, 0.5) is 0 Å². The van der Waals surface area contributed by atoms with E-state index in [1.807, 2.05) is 0 Å². The first-order valence-electron chi connectivity index (χ1n) is 19.7. The zero-order valence-corrected chi connectivity index (χ0v) is 34.9. The number of rotatable bonds is 41. The van der Waals surface area contributed by atoms with Crippen molar-refractivity contribution in [3.8, 4) is 0 Å². The number of aldehydes is 1. The number of carbonyl (C=O) groups excluding carboxylic acids is 5. The van der Waals surface area contributed by atoms with Gasteiger partial charge in [-0.1, -0.05) is 41.6 Å². The molecule has 3 atom stereocenters. The van der Waals surface area contributed by atoms with E-state index in [1.165, 1.54) is 0 Å². The van der Waals surface area contributed by atoms with Gasteiger partial charge in [-0.25, -0.2) is 4.79 Å². The van der Waals surface area contributed by atoms with Crippen LogP contribution in [0.1, 0.15) is 89.9 Å². The quantitative estimate of drug-likeness (QED) is 0.0236. The van der Waals surface area contributed by atoms with Crippen molar-refractivity contribution in [3.05, 3.63) is 0 Å². The van der Waals surface area contributed by atoms with Gasteiger partial charge in [0.1, 0.15) is 31.6 Å². The lowest BCUT2D eigenvalue weighted by molar-refractivity contribution is -0.143. The Hall–Kier alpha value is -3.76. The Morgan fingerprint density at radius 3 is 1.69 bits per heavy atom. The molecule has 0 radical (unpaired) electrons. The second-order valence-corrected chi connectivity index (χ2v) is 13.8. The molecule has 0 aromatic heterocycles. The van der Waals surface area contributed by atoms with Gasteiger partial charge in [0.05, 0.1) is 45.0 Å². The molecule has 0 saturated carbocycles. The lowest BCUT2D eigenvalue weighted by Crippen LogP contribution is -2.44. The lowest BCUT2D eigenvalue weighted by atomic mass is 10.00. The SMILES string of the molecule is O=CCCCCCCC[C@@H](CCC(=O)O)N[C@@H](CCC(=O)NCCOCCOCC(=O)NCCOCCOCC(=O)N[C@@H](CCCCNC(=O)CBr)C(=O)O)C(=O)O. The highest BCUT2D eigenvalue weighted by Crippen LogP contribution is 2.13. The standard InChI is InChI=1S/C37H64BrN5O15/c38-25-32(46)39-15-7-6-10-29(36(51)52)43-34(48)27-58-24-22-56-20-17-41-33(47)26-57-23-21-55-19-16-40-31(45)13-12-30(37(53)54)42-28(11-14-35(49)50)9-5-3-1-2-4-8-18-44/h18,28-30,42H,1-17,19-27H2,(H,39,46)(H,40,45)(H,41,47)(H,43,48)(H,49,50)(H,51,52)(H,53,54)/t28-,29-,30-/m0/s1. The Bertz CT molecular complexity index is 1200. The molecule has 0 aliphatic heterocycles. The molecule has 0 aliphatic rings. The van der Waals surface area contributed by atoms with Crippen LogP contribution in [-0.4, -0.2) is 159 Å². The summed E-state index contributed by atoms with van der Waals surface area (Å²) in [6.45, 7) is 1.11. The minimum absolute atomic E-state index is 0.0246. The second-order valence-electron chi connectivity index (χ2n) is 13.2. The van der Waals surface area contributed by atoms with Crippen molar-refractivity contribution in [1.82, 2.24) is 26.6 Å². The van der Waals surface area contributed by atoms with E-state index in [2.05, 4.69) is 42.5 Å². The molecule has 0 bridgehead atoms. The fourth-order valence-electron chi connectivity index (χ4n) is 5.27. The molecule has 0 aromatic carbocycles. The van der Waals surface area contributed by atoms with Gasteiger partial charge in [0.2, 0.25) is 23.6 Å². The Balaban J connectivity index is 3.97. The van der Waals surface area contributed by atoms with Gasteiger partial charge in [0, 0.05) is 44.9 Å². The third kappa shape index (κ3) is 34.3.